The van der Waals surface area contributed by atoms with Gasteiger partial charge in [-0.25, -0.2) is 10.4 Å². The van der Waals surface area contributed by atoms with E-state index in [1.54, 1.807) is 36.2 Å². The summed E-state index contributed by atoms with van der Waals surface area (Å²) in [4.78, 5) is 76.5. The zero-order chi connectivity index (χ0) is 49.7. The molecular weight excluding hydrogens is 877 g/mol. The Morgan fingerprint density at radius 2 is 1.84 bits per heavy atom. The molecule has 4 aromatic rings. The van der Waals surface area contributed by atoms with E-state index < -0.39 is 29.3 Å². The average Bonchev–Trinajstić information content (AvgIpc) is 3.95. The van der Waals surface area contributed by atoms with Crippen molar-refractivity contribution in [2.45, 2.75) is 97.9 Å². The van der Waals surface area contributed by atoms with Crippen LogP contribution < -0.4 is 15.6 Å². The fraction of sp³-hybridized carbons (Fsp3) is 0.509. The van der Waals surface area contributed by atoms with Gasteiger partial charge in [-0.3, -0.25) is 29.0 Å². The van der Waals surface area contributed by atoms with Gasteiger partial charge in [-0.2, -0.15) is 0 Å². The van der Waals surface area contributed by atoms with Gasteiger partial charge < -0.3 is 39.2 Å². The van der Waals surface area contributed by atoms with Crippen LogP contribution in [0.2, 0.25) is 0 Å². The van der Waals surface area contributed by atoms with Crippen LogP contribution in [0, 0.1) is 17.3 Å². The molecule has 7 rings (SSSR count). The number of carbonyl (C=O) groups excluding carboxylic acids is 5. The number of nitrogens with one attached hydrogen (secondary N) is 2. The molecule has 0 bridgehead atoms. The monoisotopic (exact) mass is 947 g/mol. The van der Waals surface area contributed by atoms with Crippen molar-refractivity contribution < 1.29 is 38.6 Å². The molecule has 16 nitrogen and oxygen atoms in total. The van der Waals surface area contributed by atoms with Crippen molar-refractivity contribution >= 4 is 46.8 Å². The third kappa shape index (κ3) is 10.8. The molecule has 2 aromatic carbocycles. The summed E-state index contributed by atoms with van der Waals surface area (Å²) in [7, 11) is 5.40. The summed E-state index contributed by atoms with van der Waals surface area (Å²) < 4.78 is 13.8. The minimum Gasteiger partial charge on any atom is -0.508 e. The van der Waals surface area contributed by atoms with E-state index in [1.165, 1.54) is 11.0 Å². The van der Waals surface area contributed by atoms with Gasteiger partial charge >= 0.3 is 0 Å². The second-order valence-corrected chi connectivity index (χ2v) is 20.0. The van der Waals surface area contributed by atoms with Gasteiger partial charge in [-0.15, -0.1) is 0 Å². The molecule has 69 heavy (non-hydrogen) atoms. The summed E-state index contributed by atoms with van der Waals surface area (Å²) >= 11 is 0. The summed E-state index contributed by atoms with van der Waals surface area (Å²) in [6.07, 6.45) is 6.56. The first-order valence-corrected chi connectivity index (χ1v) is 24.3. The predicted molar refractivity (Wildman–Crippen MR) is 266 cm³/mol. The van der Waals surface area contributed by atoms with Crippen molar-refractivity contribution in [1.29, 1.82) is 0 Å². The molecule has 0 saturated carbocycles. The number of methoxy groups -OCH3 is 1. The first kappa shape index (κ1) is 50.6. The minimum atomic E-state index is -1.04. The molecule has 0 unspecified atom stereocenters. The maximum Gasteiger partial charge on any atom is 0.293 e. The van der Waals surface area contributed by atoms with Gasteiger partial charge in [0.1, 0.15) is 23.7 Å². The van der Waals surface area contributed by atoms with E-state index in [2.05, 4.69) is 72.8 Å². The molecule has 0 aliphatic carbocycles. The first-order valence-electron chi connectivity index (χ1n) is 24.3. The van der Waals surface area contributed by atoms with Crippen molar-refractivity contribution in [2.75, 3.05) is 65.4 Å². The lowest BCUT2D eigenvalue weighted by Gasteiger charge is -2.35. The molecule has 2 fully saturated rings. The molecule has 0 spiro atoms. The van der Waals surface area contributed by atoms with Crippen molar-refractivity contribution in [3.05, 3.63) is 78.0 Å². The average molecular weight is 947 g/mol. The van der Waals surface area contributed by atoms with Gasteiger partial charge in [-0.05, 0) is 104 Å². The van der Waals surface area contributed by atoms with E-state index in [0.717, 1.165) is 70.5 Å². The second-order valence-electron chi connectivity index (χ2n) is 20.0. The maximum absolute atomic E-state index is 14.4. The van der Waals surface area contributed by atoms with Crippen LogP contribution in [-0.4, -0.2) is 132 Å². The van der Waals surface area contributed by atoms with E-state index in [0.29, 0.717) is 56.6 Å². The summed E-state index contributed by atoms with van der Waals surface area (Å²) in [5.74, 6) is -1.16. The number of benzene rings is 2. The van der Waals surface area contributed by atoms with Gasteiger partial charge in [0, 0.05) is 101 Å². The molecule has 16 heteroatoms. The lowest BCUT2D eigenvalue weighted by molar-refractivity contribution is -0.145. The zero-order valence-electron chi connectivity index (χ0n) is 41.5. The normalized spacial score (nSPS) is 18.2. The molecule has 4 amide bonds. The van der Waals surface area contributed by atoms with Crippen LogP contribution in [0.1, 0.15) is 83.1 Å². The molecule has 3 N–H and O–H groups in total. The number of likely N-dealkylation sites (N-methyl/N-ethyl adjacent to an activating group) is 1. The molecule has 2 aromatic heterocycles. The van der Waals surface area contributed by atoms with Gasteiger partial charge in [0.15, 0.2) is 0 Å². The van der Waals surface area contributed by atoms with E-state index >= 15 is 0 Å². The Labute approximate surface area is 406 Å². The number of aryl methyl sites for hydroxylation is 1. The third-order valence-corrected chi connectivity index (χ3v) is 14.0. The number of anilines is 1. The number of phenolic OH excluding ortho intramolecular Hbond substituents is 1. The molecule has 5 heterocycles. The molecule has 0 radical (unpaired) electrons. The van der Waals surface area contributed by atoms with E-state index in [1.807, 2.05) is 32.2 Å². The van der Waals surface area contributed by atoms with Gasteiger partial charge in [0.05, 0.1) is 24.3 Å². The summed E-state index contributed by atoms with van der Waals surface area (Å²) in [6, 6.07) is 11.7. The SMILES string of the molecule is C=CC(=O)N1CC[C@H](C(=O)N(C)[C@H](C(=O)N[C@@H](Cc2cc(O)cc(-c3ccc4c(c3)c(CC(C)(C)COC=O)c(-c3ccnc5c3[C@@H](OC)CCN5C)n4CC)c2)C(=O)N2CCCCN2)C(C)C)C1. The lowest BCUT2D eigenvalue weighted by Crippen LogP contribution is -2.59. The first-order chi connectivity index (χ1) is 33.0. The standard InChI is InChI=1S/C53H70N8O8/c1-10-45(64)59-23-17-36(30-59)51(66)58(8)47(33(3)4)50(65)56-42(52(67)61-21-13-12-19-55-61)26-34-24-37(27-38(63)25-34)35-14-15-43-40(28-35)41(29-53(5,6)31-69-32-62)48(60(43)11-2)39-16-20-54-49-46(39)44(68-9)18-22-57(49)7/h10,14-16,20,24-25,27-28,32-33,36,42,44,47,55,63H,1,11-13,17-19,21-23,26,29-31H2,2-9H3,(H,56,65)/t36-,42-,44-,47-/m0/s1. The Morgan fingerprint density at radius 1 is 1.06 bits per heavy atom. The number of aromatic hydroxyl groups is 1. The van der Waals surface area contributed by atoms with Crippen LogP contribution in [-0.2, 0) is 52.8 Å². The highest BCUT2D eigenvalue weighted by atomic mass is 16.5. The molecule has 4 atom stereocenters. The summed E-state index contributed by atoms with van der Waals surface area (Å²) in [5.41, 5.74) is 10.1. The van der Waals surface area contributed by atoms with Gasteiger partial charge in [-0.1, -0.05) is 46.4 Å². The third-order valence-electron chi connectivity index (χ3n) is 14.0. The molecule has 370 valence electrons. The van der Waals surface area contributed by atoms with Crippen LogP contribution >= 0.6 is 0 Å². The lowest BCUT2D eigenvalue weighted by atomic mass is 9.83. The number of rotatable bonds is 18. The van der Waals surface area contributed by atoms with Crippen molar-refractivity contribution in [1.82, 2.24) is 35.1 Å². The molecular formula is C53H70N8O8. The largest absolute Gasteiger partial charge is 0.508 e. The highest BCUT2D eigenvalue weighted by Crippen LogP contribution is 2.46. The Morgan fingerprint density at radius 3 is 2.52 bits per heavy atom. The second kappa shape index (κ2) is 21.6. The molecule has 2 saturated heterocycles. The Balaban J connectivity index is 1.26. The number of amides is 4. The topological polar surface area (TPSA) is 179 Å². The Kier molecular flexibility index (Phi) is 15.8. The van der Waals surface area contributed by atoms with E-state index in [9.17, 15) is 29.1 Å². The number of ether oxygens (including phenoxy) is 2. The highest BCUT2D eigenvalue weighted by molar-refractivity contribution is 5.97. The summed E-state index contributed by atoms with van der Waals surface area (Å²) in [5, 5.41) is 17.0. The number of hydrazine groups is 1. The van der Waals surface area contributed by atoms with Crippen molar-refractivity contribution in [3.63, 3.8) is 0 Å². The maximum atomic E-state index is 14.4. The van der Waals surface area contributed by atoms with Gasteiger partial charge in [0.2, 0.25) is 17.7 Å². The summed E-state index contributed by atoms with van der Waals surface area (Å²) in [6.45, 7) is 17.5. The van der Waals surface area contributed by atoms with Crippen LogP contribution in [0.3, 0.4) is 0 Å². The van der Waals surface area contributed by atoms with E-state index in [4.69, 9.17) is 14.5 Å². The van der Waals surface area contributed by atoms with Crippen molar-refractivity contribution in [2.24, 2.45) is 17.3 Å². The predicted octanol–water partition coefficient (Wildman–Crippen LogP) is 6.04. The number of phenols is 1. The minimum absolute atomic E-state index is 0.000484. The Hall–Kier alpha value is -6.26. The fourth-order valence-electron chi connectivity index (χ4n) is 10.7. The Bertz CT molecular complexity index is 2570. The molecule has 3 aliphatic rings. The number of pyridine rings is 1. The number of hydrogen-bond donors (Lipinski definition) is 3. The smallest absolute Gasteiger partial charge is 0.293 e. The quantitative estimate of drug-likeness (QED) is 0.0783. The van der Waals surface area contributed by atoms with Crippen LogP contribution in [0.4, 0.5) is 5.82 Å². The number of aromatic nitrogens is 2. The van der Waals surface area contributed by atoms with E-state index in [-0.39, 0.29) is 55.1 Å². The van der Waals surface area contributed by atoms with Gasteiger partial charge in [0.25, 0.3) is 12.4 Å². The number of likely N-dealkylation sites (tertiary alicyclic amines) is 1. The number of nitrogens with zero attached hydrogens (tertiary/aromatic N) is 6. The number of hydrogen-bond acceptors (Lipinski definition) is 11. The fourth-order valence-corrected chi connectivity index (χ4v) is 10.7. The number of carbonyl (C=O) groups is 5. The zero-order valence-corrected chi connectivity index (χ0v) is 41.5. The van der Waals surface area contributed by atoms with Crippen molar-refractivity contribution in [3.8, 4) is 28.1 Å². The van der Waals surface area contributed by atoms with Crippen LogP contribution in [0.5, 0.6) is 5.75 Å². The van der Waals surface area contributed by atoms with Crippen LogP contribution in [0.15, 0.2) is 61.3 Å². The van der Waals surface area contributed by atoms with Crippen LogP contribution in [0.25, 0.3) is 33.3 Å². The highest BCUT2D eigenvalue weighted by Gasteiger charge is 2.39. The molecule has 3 aliphatic heterocycles. The number of fused-ring (bicyclic) bond motifs is 2.